The third-order valence-corrected chi connectivity index (χ3v) is 5.38. The number of piperidine rings is 1. The lowest BCUT2D eigenvalue weighted by Crippen LogP contribution is -2.33. The molecule has 3 aromatic rings. The van der Waals surface area contributed by atoms with Crippen molar-refractivity contribution in [3.05, 3.63) is 64.6 Å². The molecule has 0 aliphatic carbocycles. The van der Waals surface area contributed by atoms with E-state index in [0.717, 1.165) is 55.1 Å². The summed E-state index contributed by atoms with van der Waals surface area (Å²) in [6, 6.07) is 9.37. The third-order valence-electron chi connectivity index (χ3n) is 5.38. The summed E-state index contributed by atoms with van der Waals surface area (Å²) < 4.78 is 1.91. The van der Waals surface area contributed by atoms with Gasteiger partial charge in [-0.05, 0) is 62.9 Å². The number of carboxylic acids is 1. The van der Waals surface area contributed by atoms with Gasteiger partial charge in [0.2, 0.25) is 0 Å². The largest absolute Gasteiger partial charge is 0.478 e. The molecule has 3 heterocycles. The Morgan fingerprint density at radius 2 is 2.04 bits per heavy atom. The first-order valence-electron chi connectivity index (χ1n) is 9.38. The van der Waals surface area contributed by atoms with E-state index in [1.54, 1.807) is 12.1 Å². The zero-order valence-corrected chi connectivity index (χ0v) is 15.7. The molecule has 0 unspecified atom stereocenters. The van der Waals surface area contributed by atoms with Gasteiger partial charge in [0.15, 0.2) is 5.65 Å². The number of benzene rings is 1. The summed E-state index contributed by atoms with van der Waals surface area (Å²) in [4.78, 5) is 18.2. The topological polar surface area (TPSA) is 70.7 Å². The number of fused-ring (bicyclic) bond motifs is 1. The SMILES string of the molecule is Cc1cc(C)n2ncc(CN3CCC[C@H](c4ccc(C(=O)O)cc4)C3)c2n1. The summed E-state index contributed by atoms with van der Waals surface area (Å²) >= 11 is 0. The standard InChI is InChI=1S/C21H24N4O2/c1-14-10-15(2)25-20(23-14)19(11-22-25)13-24-9-3-4-18(12-24)16-5-7-17(8-6-16)21(26)27/h5-8,10-11,18H,3-4,9,12-13H2,1-2H3,(H,26,27)/t18-/m0/s1. The highest BCUT2D eigenvalue weighted by molar-refractivity contribution is 5.87. The highest BCUT2D eigenvalue weighted by Crippen LogP contribution is 2.28. The Bertz CT molecular complexity index is 978. The average Bonchev–Trinajstić information content (AvgIpc) is 3.05. The Morgan fingerprint density at radius 1 is 1.26 bits per heavy atom. The van der Waals surface area contributed by atoms with Crippen LogP contribution in [0.4, 0.5) is 0 Å². The molecular weight excluding hydrogens is 340 g/mol. The third kappa shape index (κ3) is 3.57. The minimum Gasteiger partial charge on any atom is -0.478 e. The summed E-state index contributed by atoms with van der Waals surface area (Å²) in [6.45, 7) is 6.93. The van der Waals surface area contributed by atoms with Crippen molar-refractivity contribution in [2.24, 2.45) is 0 Å². The number of aromatic nitrogens is 3. The molecule has 1 N–H and O–H groups in total. The maximum atomic E-state index is 11.1. The van der Waals surface area contributed by atoms with E-state index >= 15 is 0 Å². The molecule has 0 bridgehead atoms. The maximum Gasteiger partial charge on any atom is 0.335 e. The zero-order chi connectivity index (χ0) is 19.0. The van der Waals surface area contributed by atoms with Crippen LogP contribution in [0.15, 0.2) is 36.5 Å². The number of likely N-dealkylation sites (tertiary alicyclic amines) is 1. The van der Waals surface area contributed by atoms with Gasteiger partial charge >= 0.3 is 5.97 Å². The number of nitrogens with zero attached hydrogens (tertiary/aromatic N) is 4. The number of carbonyl (C=O) groups is 1. The Labute approximate surface area is 158 Å². The minimum absolute atomic E-state index is 0.342. The van der Waals surface area contributed by atoms with Crippen LogP contribution in [0, 0.1) is 13.8 Å². The fourth-order valence-electron chi connectivity index (χ4n) is 4.04. The molecule has 1 fully saturated rings. The van der Waals surface area contributed by atoms with Gasteiger partial charge < -0.3 is 5.11 Å². The molecule has 1 aliphatic rings. The van der Waals surface area contributed by atoms with Crippen molar-refractivity contribution in [3.8, 4) is 0 Å². The van der Waals surface area contributed by atoms with Crippen molar-refractivity contribution < 1.29 is 9.90 Å². The second-order valence-corrected chi connectivity index (χ2v) is 7.45. The van der Waals surface area contributed by atoms with Crippen LogP contribution in [0.3, 0.4) is 0 Å². The predicted molar refractivity (Wildman–Crippen MR) is 103 cm³/mol. The van der Waals surface area contributed by atoms with Gasteiger partial charge in [-0.3, -0.25) is 4.90 Å². The molecule has 6 heteroatoms. The van der Waals surface area contributed by atoms with Crippen LogP contribution in [0.5, 0.6) is 0 Å². The second-order valence-electron chi connectivity index (χ2n) is 7.45. The lowest BCUT2D eigenvalue weighted by molar-refractivity contribution is 0.0697. The first-order chi connectivity index (χ1) is 13.0. The smallest absolute Gasteiger partial charge is 0.335 e. The van der Waals surface area contributed by atoms with Crippen molar-refractivity contribution in [3.63, 3.8) is 0 Å². The molecule has 1 atom stereocenters. The van der Waals surface area contributed by atoms with E-state index in [1.807, 2.05) is 35.8 Å². The summed E-state index contributed by atoms with van der Waals surface area (Å²) in [5.74, 6) is -0.446. The summed E-state index contributed by atoms with van der Waals surface area (Å²) in [6.07, 6.45) is 4.20. The van der Waals surface area contributed by atoms with E-state index in [1.165, 1.54) is 5.56 Å². The zero-order valence-electron chi connectivity index (χ0n) is 15.7. The number of hydrogen-bond donors (Lipinski definition) is 1. The molecular formula is C21H24N4O2. The van der Waals surface area contributed by atoms with Crippen LogP contribution in [0.1, 0.15) is 51.6 Å². The fourth-order valence-corrected chi connectivity index (χ4v) is 4.04. The minimum atomic E-state index is -0.877. The van der Waals surface area contributed by atoms with Crippen molar-refractivity contribution in [2.45, 2.75) is 39.2 Å². The molecule has 0 amide bonds. The lowest BCUT2D eigenvalue weighted by atomic mass is 9.90. The Hall–Kier alpha value is -2.73. The van der Waals surface area contributed by atoms with Gasteiger partial charge in [-0.1, -0.05) is 12.1 Å². The predicted octanol–water partition coefficient (Wildman–Crippen LogP) is 3.42. The Balaban J connectivity index is 1.51. The number of aromatic carboxylic acids is 1. The monoisotopic (exact) mass is 364 g/mol. The van der Waals surface area contributed by atoms with Gasteiger partial charge in [-0.25, -0.2) is 14.3 Å². The van der Waals surface area contributed by atoms with Crippen LogP contribution in [-0.2, 0) is 6.54 Å². The molecule has 6 nitrogen and oxygen atoms in total. The van der Waals surface area contributed by atoms with Crippen molar-refractivity contribution in [1.29, 1.82) is 0 Å². The van der Waals surface area contributed by atoms with E-state index in [0.29, 0.717) is 11.5 Å². The molecule has 0 radical (unpaired) electrons. The molecule has 27 heavy (non-hydrogen) atoms. The summed E-state index contributed by atoms with van der Waals surface area (Å²) in [5.41, 5.74) is 5.77. The summed E-state index contributed by atoms with van der Waals surface area (Å²) in [5, 5.41) is 13.6. The molecule has 2 aromatic heterocycles. The van der Waals surface area contributed by atoms with Crippen LogP contribution < -0.4 is 0 Å². The van der Waals surface area contributed by atoms with Gasteiger partial charge in [0.05, 0.1) is 11.8 Å². The van der Waals surface area contributed by atoms with Gasteiger partial charge in [-0.15, -0.1) is 0 Å². The Kier molecular flexibility index (Phi) is 4.66. The van der Waals surface area contributed by atoms with Gasteiger partial charge in [0.25, 0.3) is 0 Å². The lowest BCUT2D eigenvalue weighted by Gasteiger charge is -2.32. The molecule has 0 saturated carbocycles. The van der Waals surface area contributed by atoms with Crippen LogP contribution >= 0.6 is 0 Å². The molecule has 140 valence electrons. The number of carboxylic acid groups (broad SMARTS) is 1. The van der Waals surface area contributed by atoms with Crippen molar-refractivity contribution >= 4 is 11.6 Å². The number of aryl methyl sites for hydroxylation is 2. The first kappa shape index (κ1) is 17.7. The quantitative estimate of drug-likeness (QED) is 0.768. The molecule has 1 aliphatic heterocycles. The van der Waals surface area contributed by atoms with Crippen molar-refractivity contribution in [2.75, 3.05) is 13.1 Å². The normalized spacial score (nSPS) is 18.1. The molecule has 0 spiro atoms. The van der Waals surface area contributed by atoms with Gasteiger partial charge in [0.1, 0.15) is 0 Å². The first-order valence-corrected chi connectivity index (χ1v) is 9.38. The number of hydrogen-bond acceptors (Lipinski definition) is 4. The molecule has 1 saturated heterocycles. The van der Waals surface area contributed by atoms with E-state index in [4.69, 9.17) is 5.11 Å². The van der Waals surface area contributed by atoms with E-state index in [-0.39, 0.29) is 0 Å². The highest BCUT2D eigenvalue weighted by atomic mass is 16.4. The fraction of sp³-hybridized carbons (Fsp3) is 0.381. The molecule has 4 rings (SSSR count). The summed E-state index contributed by atoms with van der Waals surface area (Å²) in [7, 11) is 0. The van der Waals surface area contributed by atoms with Crippen LogP contribution in [0.25, 0.3) is 5.65 Å². The van der Waals surface area contributed by atoms with Crippen LogP contribution in [0.2, 0.25) is 0 Å². The van der Waals surface area contributed by atoms with E-state index < -0.39 is 5.97 Å². The maximum absolute atomic E-state index is 11.1. The van der Waals surface area contributed by atoms with E-state index in [9.17, 15) is 4.79 Å². The number of rotatable bonds is 4. The Morgan fingerprint density at radius 3 is 2.78 bits per heavy atom. The van der Waals surface area contributed by atoms with Crippen LogP contribution in [-0.4, -0.2) is 43.7 Å². The average molecular weight is 364 g/mol. The van der Waals surface area contributed by atoms with Crippen molar-refractivity contribution in [1.82, 2.24) is 19.5 Å². The van der Waals surface area contributed by atoms with Gasteiger partial charge in [0, 0.05) is 30.0 Å². The second kappa shape index (κ2) is 7.12. The van der Waals surface area contributed by atoms with Gasteiger partial charge in [-0.2, -0.15) is 5.10 Å². The van der Waals surface area contributed by atoms with E-state index in [2.05, 4.69) is 21.9 Å². The molecule has 1 aromatic carbocycles. The highest BCUT2D eigenvalue weighted by Gasteiger charge is 2.23.